The first-order valence-corrected chi connectivity index (χ1v) is 8.97. The smallest absolute Gasteiger partial charge is 0.317 e. The van der Waals surface area contributed by atoms with E-state index in [0.717, 1.165) is 17.5 Å². The molecule has 2 aromatic rings. The molecule has 0 radical (unpaired) electrons. The zero-order valence-corrected chi connectivity index (χ0v) is 13.9. The maximum Gasteiger partial charge on any atom is 0.317 e. The van der Waals surface area contributed by atoms with Gasteiger partial charge in [-0.25, -0.2) is 9.18 Å². The first-order valence-electron chi connectivity index (χ1n) is 8.15. The molecule has 0 spiro atoms. The van der Waals surface area contributed by atoms with E-state index < -0.39 is 0 Å². The van der Waals surface area contributed by atoms with E-state index in [4.69, 9.17) is 0 Å². The lowest BCUT2D eigenvalue weighted by molar-refractivity contribution is 0.0639. The molecule has 0 saturated carbocycles. The number of nitrogens with zero attached hydrogens (tertiary/aromatic N) is 2. The van der Waals surface area contributed by atoms with Crippen molar-refractivity contribution in [2.24, 2.45) is 0 Å². The molecule has 2 saturated heterocycles. The van der Waals surface area contributed by atoms with Crippen LogP contribution in [0.25, 0.3) is 10.1 Å². The van der Waals surface area contributed by atoms with Crippen LogP contribution in [0.2, 0.25) is 0 Å². The first kappa shape index (κ1) is 15.4. The fourth-order valence-electron chi connectivity index (χ4n) is 3.51. The number of amides is 3. The number of piperidine rings is 1. The summed E-state index contributed by atoms with van der Waals surface area (Å²) < 4.78 is 14.6. The van der Waals surface area contributed by atoms with Gasteiger partial charge in [0.1, 0.15) is 5.82 Å². The number of rotatable bonds is 2. The molecule has 0 bridgehead atoms. The Morgan fingerprint density at radius 2 is 2.21 bits per heavy atom. The number of likely N-dealkylation sites (tertiary alicyclic amines) is 1. The highest BCUT2D eigenvalue weighted by atomic mass is 32.1. The van der Waals surface area contributed by atoms with Crippen LogP contribution in [-0.4, -0.2) is 54.0 Å². The molecule has 2 fully saturated rings. The number of carbonyl (C=O) groups excluding carboxylic acids is 2. The van der Waals surface area contributed by atoms with E-state index >= 15 is 0 Å². The summed E-state index contributed by atoms with van der Waals surface area (Å²) in [6.07, 6.45) is 1.79. The molecule has 5 nitrogen and oxygen atoms in total. The van der Waals surface area contributed by atoms with Crippen molar-refractivity contribution in [3.8, 4) is 0 Å². The highest BCUT2D eigenvalue weighted by Gasteiger charge is 2.33. The Morgan fingerprint density at radius 1 is 1.33 bits per heavy atom. The summed E-state index contributed by atoms with van der Waals surface area (Å²) in [7, 11) is 0. The van der Waals surface area contributed by atoms with Gasteiger partial charge in [-0.1, -0.05) is 6.07 Å². The zero-order chi connectivity index (χ0) is 16.7. The molecule has 24 heavy (non-hydrogen) atoms. The van der Waals surface area contributed by atoms with Crippen molar-refractivity contribution in [3.05, 3.63) is 35.0 Å². The van der Waals surface area contributed by atoms with Gasteiger partial charge in [-0.15, -0.1) is 11.3 Å². The second-order valence-electron chi connectivity index (χ2n) is 6.23. The summed E-state index contributed by atoms with van der Waals surface area (Å²) in [5, 5.41) is 3.31. The molecular formula is C17H18FN3O2S. The number of carbonyl (C=O) groups is 2. The zero-order valence-electron chi connectivity index (χ0n) is 13.1. The van der Waals surface area contributed by atoms with Gasteiger partial charge in [-0.05, 0) is 31.0 Å². The van der Waals surface area contributed by atoms with Crippen LogP contribution in [0.1, 0.15) is 22.5 Å². The van der Waals surface area contributed by atoms with Gasteiger partial charge in [-0.2, -0.15) is 0 Å². The van der Waals surface area contributed by atoms with E-state index in [0.29, 0.717) is 36.4 Å². The molecule has 1 aromatic heterocycles. The van der Waals surface area contributed by atoms with Crippen molar-refractivity contribution in [2.75, 3.05) is 26.2 Å². The van der Waals surface area contributed by atoms with Gasteiger partial charge in [0.2, 0.25) is 0 Å². The minimum absolute atomic E-state index is 0.0433. The number of hydrogen-bond donors (Lipinski definition) is 1. The van der Waals surface area contributed by atoms with Crippen LogP contribution < -0.4 is 5.32 Å². The van der Waals surface area contributed by atoms with E-state index in [1.54, 1.807) is 17.0 Å². The fourth-order valence-corrected chi connectivity index (χ4v) is 4.56. The molecule has 4 rings (SSSR count). The Hall–Kier alpha value is -2.15. The van der Waals surface area contributed by atoms with Crippen LogP contribution in [0.3, 0.4) is 0 Å². The van der Waals surface area contributed by atoms with Crippen LogP contribution in [-0.2, 0) is 0 Å². The van der Waals surface area contributed by atoms with Crippen molar-refractivity contribution in [3.63, 3.8) is 0 Å². The SMILES string of the molecule is O=C(c1cc2c(F)cccc2s1)N1CCC[C@H](N2CCNC2=O)C1. The predicted molar refractivity (Wildman–Crippen MR) is 90.8 cm³/mol. The number of thiophene rings is 1. The van der Waals surface area contributed by atoms with Gasteiger partial charge in [0, 0.05) is 36.3 Å². The molecule has 3 amide bonds. The van der Waals surface area contributed by atoms with Crippen LogP contribution in [0.15, 0.2) is 24.3 Å². The van der Waals surface area contributed by atoms with Crippen molar-refractivity contribution in [2.45, 2.75) is 18.9 Å². The van der Waals surface area contributed by atoms with E-state index in [9.17, 15) is 14.0 Å². The van der Waals surface area contributed by atoms with Gasteiger partial charge < -0.3 is 15.1 Å². The van der Waals surface area contributed by atoms with Crippen LogP contribution in [0.5, 0.6) is 0 Å². The molecular weight excluding hydrogens is 329 g/mol. The van der Waals surface area contributed by atoms with E-state index in [-0.39, 0.29) is 23.8 Å². The summed E-state index contributed by atoms with van der Waals surface area (Å²) in [5.41, 5.74) is 0. The normalized spacial score (nSPS) is 21.4. The lowest BCUT2D eigenvalue weighted by atomic mass is 10.0. The van der Waals surface area contributed by atoms with Crippen LogP contribution in [0, 0.1) is 5.82 Å². The predicted octanol–water partition coefficient (Wildman–Crippen LogP) is 2.67. The molecule has 2 aliphatic heterocycles. The summed E-state index contributed by atoms with van der Waals surface area (Å²) >= 11 is 1.32. The Kier molecular flexibility index (Phi) is 3.88. The monoisotopic (exact) mass is 347 g/mol. The quantitative estimate of drug-likeness (QED) is 0.908. The molecule has 3 heterocycles. The number of benzene rings is 1. The third-order valence-corrected chi connectivity index (χ3v) is 5.82. The number of urea groups is 1. The average Bonchev–Trinajstić information content (AvgIpc) is 3.21. The minimum Gasteiger partial charge on any atom is -0.336 e. The van der Waals surface area contributed by atoms with Crippen LogP contribution >= 0.6 is 11.3 Å². The maximum atomic E-state index is 13.8. The summed E-state index contributed by atoms with van der Waals surface area (Å²) in [6, 6.07) is 6.56. The lowest BCUT2D eigenvalue weighted by Crippen LogP contribution is -2.50. The third kappa shape index (κ3) is 2.62. The standard InChI is InChI=1S/C17H18FN3O2S/c18-13-4-1-5-14-12(13)9-15(24-14)16(22)20-7-2-3-11(10-20)21-8-6-19-17(21)23/h1,4-5,9,11H,2-3,6-8,10H2,(H,19,23)/t11-/m0/s1. The Bertz CT molecular complexity index is 806. The van der Waals surface area contributed by atoms with Gasteiger partial charge in [0.15, 0.2) is 0 Å². The largest absolute Gasteiger partial charge is 0.336 e. The molecule has 0 unspecified atom stereocenters. The Labute approximate surface area is 143 Å². The van der Waals surface area contributed by atoms with Crippen molar-refractivity contribution in [1.29, 1.82) is 0 Å². The maximum absolute atomic E-state index is 13.8. The summed E-state index contributed by atoms with van der Waals surface area (Å²) in [6.45, 7) is 2.59. The third-order valence-electron chi connectivity index (χ3n) is 4.73. The highest BCUT2D eigenvalue weighted by molar-refractivity contribution is 7.20. The topological polar surface area (TPSA) is 52.7 Å². The Balaban J connectivity index is 1.54. The van der Waals surface area contributed by atoms with E-state index in [1.165, 1.54) is 17.4 Å². The molecule has 0 aliphatic carbocycles. The van der Waals surface area contributed by atoms with Crippen molar-refractivity contribution in [1.82, 2.24) is 15.1 Å². The number of halogens is 1. The van der Waals surface area contributed by atoms with E-state index in [1.807, 2.05) is 11.0 Å². The minimum atomic E-state index is -0.298. The molecule has 7 heteroatoms. The number of fused-ring (bicyclic) bond motifs is 1. The Morgan fingerprint density at radius 3 is 2.96 bits per heavy atom. The summed E-state index contributed by atoms with van der Waals surface area (Å²) in [4.78, 5) is 28.8. The molecule has 1 N–H and O–H groups in total. The lowest BCUT2D eigenvalue weighted by Gasteiger charge is -2.36. The average molecular weight is 347 g/mol. The number of nitrogens with one attached hydrogen (secondary N) is 1. The second-order valence-corrected chi connectivity index (χ2v) is 7.32. The van der Waals surface area contributed by atoms with Gasteiger partial charge in [-0.3, -0.25) is 4.79 Å². The van der Waals surface area contributed by atoms with Crippen LogP contribution in [0.4, 0.5) is 9.18 Å². The molecule has 2 aliphatic rings. The highest BCUT2D eigenvalue weighted by Crippen LogP contribution is 2.29. The first-order chi connectivity index (χ1) is 11.6. The van der Waals surface area contributed by atoms with Gasteiger partial charge >= 0.3 is 6.03 Å². The van der Waals surface area contributed by atoms with E-state index in [2.05, 4.69) is 5.32 Å². The number of hydrogen-bond acceptors (Lipinski definition) is 3. The van der Waals surface area contributed by atoms with Crippen molar-refractivity contribution < 1.29 is 14.0 Å². The second kappa shape index (κ2) is 6.05. The fraction of sp³-hybridized carbons (Fsp3) is 0.412. The van der Waals surface area contributed by atoms with Crippen molar-refractivity contribution >= 4 is 33.4 Å². The molecule has 1 aromatic carbocycles. The van der Waals surface area contributed by atoms with Gasteiger partial charge in [0.25, 0.3) is 5.91 Å². The summed E-state index contributed by atoms with van der Waals surface area (Å²) in [5.74, 6) is -0.368. The molecule has 1 atom stereocenters. The van der Waals surface area contributed by atoms with Gasteiger partial charge in [0.05, 0.1) is 10.9 Å². The molecule has 126 valence electrons.